The molecule has 1 aromatic carbocycles. The van der Waals surface area contributed by atoms with E-state index in [1.54, 1.807) is 6.07 Å². The van der Waals surface area contributed by atoms with E-state index >= 15 is 0 Å². The second-order valence-corrected chi connectivity index (χ2v) is 3.81. The average Bonchev–Trinajstić information content (AvgIpc) is 2.01. The first-order valence-electron chi connectivity index (χ1n) is 3.96. The van der Waals surface area contributed by atoms with Gasteiger partial charge in [0.05, 0.1) is 13.7 Å². The number of halogens is 2. The molecule has 0 unspecified atom stereocenters. The first-order valence-corrected chi connectivity index (χ1v) is 4.76. The summed E-state index contributed by atoms with van der Waals surface area (Å²) in [4.78, 5) is 0. The predicted molar refractivity (Wildman–Crippen MR) is 53.9 cm³/mol. The monoisotopic (exact) mass is 263 g/mol. The van der Waals surface area contributed by atoms with Gasteiger partial charge in [-0.1, -0.05) is 15.9 Å². The maximum Gasteiger partial charge on any atom is 0.166 e. The van der Waals surface area contributed by atoms with Crippen molar-refractivity contribution >= 4 is 15.9 Å². The molecular weight excluding hydrogens is 253 g/mol. The van der Waals surface area contributed by atoms with E-state index in [1.807, 2.05) is 0 Å². The van der Waals surface area contributed by atoms with E-state index in [0.29, 0.717) is 10.0 Å². The van der Waals surface area contributed by atoms with Crippen molar-refractivity contribution in [2.45, 2.75) is 6.54 Å². The molecule has 0 aliphatic rings. The van der Waals surface area contributed by atoms with Gasteiger partial charge in [-0.05, 0) is 12.1 Å². The Morgan fingerprint density at radius 2 is 2.21 bits per heavy atom. The van der Waals surface area contributed by atoms with Crippen LogP contribution in [0.1, 0.15) is 5.56 Å². The van der Waals surface area contributed by atoms with Crippen LogP contribution in [0.25, 0.3) is 0 Å². The van der Waals surface area contributed by atoms with Crippen LogP contribution in [-0.4, -0.2) is 24.4 Å². The van der Waals surface area contributed by atoms with Crippen molar-refractivity contribution in [3.8, 4) is 5.75 Å². The standard InChI is InChI=1S/C9H11BrFNO2/c1-12(13)5-6-3-7(10)4-8(11)9(6)14-2/h3-4,13H,5H2,1-2H3. The van der Waals surface area contributed by atoms with Crippen molar-refractivity contribution in [1.29, 1.82) is 0 Å². The van der Waals surface area contributed by atoms with Gasteiger partial charge >= 0.3 is 0 Å². The summed E-state index contributed by atoms with van der Waals surface area (Å²) in [6, 6.07) is 3.02. The average molecular weight is 264 g/mol. The highest BCUT2D eigenvalue weighted by Gasteiger charge is 2.11. The van der Waals surface area contributed by atoms with Gasteiger partial charge in [0.1, 0.15) is 0 Å². The van der Waals surface area contributed by atoms with Crippen molar-refractivity contribution in [2.75, 3.05) is 14.2 Å². The zero-order valence-electron chi connectivity index (χ0n) is 7.92. The van der Waals surface area contributed by atoms with Crippen LogP contribution in [0.15, 0.2) is 16.6 Å². The fraction of sp³-hybridized carbons (Fsp3) is 0.333. The molecule has 78 valence electrons. The summed E-state index contributed by atoms with van der Waals surface area (Å²) >= 11 is 3.17. The summed E-state index contributed by atoms with van der Waals surface area (Å²) in [5, 5.41) is 10.0. The van der Waals surface area contributed by atoms with E-state index in [4.69, 9.17) is 9.94 Å². The Morgan fingerprint density at radius 1 is 1.57 bits per heavy atom. The van der Waals surface area contributed by atoms with E-state index in [1.165, 1.54) is 20.2 Å². The Labute approximate surface area is 90.2 Å². The molecule has 0 spiro atoms. The fourth-order valence-corrected chi connectivity index (χ4v) is 1.68. The van der Waals surface area contributed by atoms with Crippen LogP contribution in [0.2, 0.25) is 0 Å². The highest BCUT2D eigenvalue weighted by Crippen LogP contribution is 2.27. The molecule has 1 aromatic rings. The van der Waals surface area contributed by atoms with Crippen LogP contribution in [-0.2, 0) is 6.54 Å². The molecule has 0 aliphatic heterocycles. The Bertz CT molecular complexity index is 331. The molecule has 5 heteroatoms. The van der Waals surface area contributed by atoms with Crippen molar-refractivity contribution in [2.24, 2.45) is 0 Å². The van der Waals surface area contributed by atoms with Crippen LogP contribution in [0, 0.1) is 5.82 Å². The van der Waals surface area contributed by atoms with Crippen molar-refractivity contribution in [3.63, 3.8) is 0 Å². The number of hydrogen-bond acceptors (Lipinski definition) is 3. The molecule has 1 N–H and O–H groups in total. The number of ether oxygens (including phenoxy) is 1. The first kappa shape index (κ1) is 11.4. The molecule has 14 heavy (non-hydrogen) atoms. The molecule has 0 aromatic heterocycles. The lowest BCUT2D eigenvalue weighted by molar-refractivity contribution is -0.0736. The molecule has 3 nitrogen and oxygen atoms in total. The van der Waals surface area contributed by atoms with Crippen molar-refractivity contribution in [1.82, 2.24) is 5.06 Å². The third-order valence-corrected chi connectivity index (χ3v) is 2.15. The van der Waals surface area contributed by atoms with Crippen LogP contribution in [0.4, 0.5) is 4.39 Å². The summed E-state index contributed by atoms with van der Waals surface area (Å²) in [6.45, 7) is 0.208. The number of nitrogens with zero attached hydrogens (tertiary/aromatic N) is 1. The Balaban J connectivity index is 3.11. The van der Waals surface area contributed by atoms with Gasteiger partial charge in [-0.25, -0.2) is 4.39 Å². The molecule has 0 saturated heterocycles. The normalized spacial score (nSPS) is 10.7. The van der Waals surface area contributed by atoms with Gasteiger partial charge < -0.3 is 9.94 Å². The fourth-order valence-electron chi connectivity index (χ4n) is 1.21. The minimum Gasteiger partial charge on any atom is -0.493 e. The van der Waals surface area contributed by atoms with Gasteiger partial charge in [-0.2, -0.15) is 5.06 Å². The first-order chi connectivity index (χ1) is 6.54. The minimum atomic E-state index is -0.446. The number of hydroxylamine groups is 2. The quantitative estimate of drug-likeness (QED) is 0.851. The highest BCUT2D eigenvalue weighted by molar-refractivity contribution is 9.10. The number of methoxy groups -OCH3 is 1. The highest BCUT2D eigenvalue weighted by atomic mass is 79.9. The zero-order chi connectivity index (χ0) is 10.7. The maximum atomic E-state index is 13.3. The number of hydrogen-bond donors (Lipinski definition) is 1. The van der Waals surface area contributed by atoms with Crippen molar-refractivity contribution < 1.29 is 14.3 Å². The largest absolute Gasteiger partial charge is 0.493 e. The smallest absolute Gasteiger partial charge is 0.166 e. The molecule has 0 bridgehead atoms. The van der Waals surface area contributed by atoms with Gasteiger partial charge in [-0.3, -0.25) is 0 Å². The summed E-state index contributed by atoms with van der Waals surface area (Å²) in [5.41, 5.74) is 0.587. The third kappa shape index (κ3) is 2.67. The molecule has 0 heterocycles. The van der Waals surface area contributed by atoms with Crippen LogP contribution < -0.4 is 4.74 Å². The van der Waals surface area contributed by atoms with Crippen molar-refractivity contribution in [3.05, 3.63) is 28.0 Å². The zero-order valence-corrected chi connectivity index (χ0v) is 9.51. The molecule has 0 fully saturated rings. The molecule has 1 rings (SSSR count). The van der Waals surface area contributed by atoms with Gasteiger partial charge in [0.15, 0.2) is 11.6 Å². The predicted octanol–water partition coefficient (Wildman–Crippen LogP) is 2.42. The SMILES string of the molecule is COc1c(F)cc(Br)cc1CN(C)O. The summed E-state index contributed by atoms with van der Waals surface area (Å²) in [7, 11) is 2.88. The minimum absolute atomic E-state index is 0.161. The van der Waals surface area contributed by atoms with Crippen LogP contribution in [0.3, 0.4) is 0 Å². The molecule has 0 radical (unpaired) electrons. The summed E-state index contributed by atoms with van der Waals surface area (Å²) in [6.07, 6.45) is 0. The second-order valence-electron chi connectivity index (χ2n) is 2.90. The van der Waals surface area contributed by atoms with E-state index in [0.717, 1.165) is 5.06 Å². The Morgan fingerprint density at radius 3 is 2.71 bits per heavy atom. The van der Waals surface area contributed by atoms with Gasteiger partial charge in [0, 0.05) is 17.1 Å². The van der Waals surface area contributed by atoms with Crippen LogP contribution >= 0.6 is 15.9 Å². The van der Waals surface area contributed by atoms with Gasteiger partial charge in [-0.15, -0.1) is 0 Å². The molecular formula is C9H11BrFNO2. The van der Waals surface area contributed by atoms with Gasteiger partial charge in [0.2, 0.25) is 0 Å². The molecule has 0 aliphatic carbocycles. The van der Waals surface area contributed by atoms with E-state index in [9.17, 15) is 4.39 Å². The summed E-state index contributed by atoms with van der Waals surface area (Å²) in [5.74, 6) is -0.284. The topological polar surface area (TPSA) is 32.7 Å². The van der Waals surface area contributed by atoms with E-state index in [-0.39, 0.29) is 12.3 Å². The second kappa shape index (κ2) is 4.72. The number of rotatable bonds is 3. The van der Waals surface area contributed by atoms with E-state index in [2.05, 4.69) is 15.9 Å². The Hall–Kier alpha value is -0.650. The summed E-state index contributed by atoms with van der Waals surface area (Å²) < 4.78 is 18.8. The van der Waals surface area contributed by atoms with Gasteiger partial charge in [0.25, 0.3) is 0 Å². The molecule has 0 saturated carbocycles. The lowest BCUT2D eigenvalue weighted by Gasteiger charge is -2.13. The number of benzene rings is 1. The maximum absolute atomic E-state index is 13.3. The van der Waals surface area contributed by atoms with E-state index < -0.39 is 5.82 Å². The Kier molecular flexibility index (Phi) is 3.86. The van der Waals surface area contributed by atoms with Crippen LogP contribution in [0.5, 0.6) is 5.75 Å². The third-order valence-electron chi connectivity index (χ3n) is 1.69. The molecule has 0 amide bonds. The molecule has 0 atom stereocenters. The lowest BCUT2D eigenvalue weighted by Crippen LogP contribution is -2.13. The lowest BCUT2D eigenvalue weighted by atomic mass is 10.2.